The minimum absolute atomic E-state index is 0.0508. The standard InChI is InChI=1S/C9H15F4NO/c1-3-4-7(14-2)5-15-6-9(12,13)8(10)11/h3,7-8,14H,1,4-6H2,2H3. The van der Waals surface area contributed by atoms with Crippen LogP contribution >= 0.6 is 0 Å². The summed E-state index contributed by atoms with van der Waals surface area (Å²) >= 11 is 0. The van der Waals surface area contributed by atoms with Gasteiger partial charge < -0.3 is 10.1 Å². The van der Waals surface area contributed by atoms with Gasteiger partial charge in [0.25, 0.3) is 0 Å². The van der Waals surface area contributed by atoms with E-state index in [2.05, 4.69) is 16.6 Å². The molecule has 0 aromatic rings. The van der Waals surface area contributed by atoms with Gasteiger partial charge in [0.05, 0.1) is 6.61 Å². The summed E-state index contributed by atoms with van der Waals surface area (Å²) in [7, 11) is 1.63. The van der Waals surface area contributed by atoms with Gasteiger partial charge in [-0.15, -0.1) is 6.58 Å². The average molecular weight is 229 g/mol. The topological polar surface area (TPSA) is 21.3 Å². The van der Waals surface area contributed by atoms with Crippen LogP contribution in [0.25, 0.3) is 0 Å². The zero-order valence-electron chi connectivity index (χ0n) is 8.48. The van der Waals surface area contributed by atoms with Crippen molar-refractivity contribution in [3.05, 3.63) is 12.7 Å². The Bertz CT molecular complexity index is 187. The first-order valence-corrected chi connectivity index (χ1v) is 4.46. The summed E-state index contributed by atoms with van der Waals surface area (Å²) in [6.45, 7) is 2.16. The van der Waals surface area contributed by atoms with Gasteiger partial charge in [-0.3, -0.25) is 0 Å². The Morgan fingerprint density at radius 2 is 2.07 bits per heavy atom. The molecule has 6 heteroatoms. The predicted molar refractivity (Wildman–Crippen MR) is 49.4 cm³/mol. The fraction of sp³-hybridized carbons (Fsp3) is 0.778. The lowest BCUT2D eigenvalue weighted by Gasteiger charge is -2.18. The van der Waals surface area contributed by atoms with Crippen molar-refractivity contribution in [2.24, 2.45) is 0 Å². The van der Waals surface area contributed by atoms with E-state index in [4.69, 9.17) is 0 Å². The Balaban J connectivity index is 3.81. The third kappa shape index (κ3) is 5.74. The molecule has 0 amide bonds. The lowest BCUT2D eigenvalue weighted by molar-refractivity contribution is -0.166. The van der Waals surface area contributed by atoms with Gasteiger partial charge in [-0.25, -0.2) is 8.78 Å². The molecule has 1 atom stereocenters. The molecule has 0 rings (SSSR count). The highest BCUT2D eigenvalue weighted by molar-refractivity contribution is 4.77. The molecule has 0 bridgehead atoms. The summed E-state index contributed by atoms with van der Waals surface area (Å²) in [5, 5.41) is 2.79. The highest BCUT2D eigenvalue weighted by Gasteiger charge is 2.41. The van der Waals surface area contributed by atoms with E-state index in [1.165, 1.54) is 0 Å². The van der Waals surface area contributed by atoms with Crippen molar-refractivity contribution in [3.63, 3.8) is 0 Å². The highest BCUT2D eigenvalue weighted by atomic mass is 19.3. The molecule has 0 aromatic carbocycles. The van der Waals surface area contributed by atoms with Gasteiger partial charge in [0.2, 0.25) is 0 Å². The molecule has 2 nitrogen and oxygen atoms in total. The van der Waals surface area contributed by atoms with E-state index in [1.54, 1.807) is 13.1 Å². The summed E-state index contributed by atoms with van der Waals surface area (Å²) in [6.07, 6.45) is -1.57. The van der Waals surface area contributed by atoms with Crippen molar-refractivity contribution in [1.82, 2.24) is 5.32 Å². The van der Waals surface area contributed by atoms with Crippen LogP contribution in [-0.4, -0.2) is 38.7 Å². The molecule has 1 unspecified atom stereocenters. The molecular weight excluding hydrogens is 214 g/mol. The molecule has 0 aliphatic rings. The fourth-order valence-corrected chi connectivity index (χ4v) is 0.871. The van der Waals surface area contributed by atoms with Gasteiger partial charge in [-0.1, -0.05) is 6.08 Å². The van der Waals surface area contributed by atoms with Crippen LogP contribution in [0.2, 0.25) is 0 Å². The molecule has 15 heavy (non-hydrogen) atoms. The van der Waals surface area contributed by atoms with E-state index in [9.17, 15) is 17.6 Å². The van der Waals surface area contributed by atoms with Crippen molar-refractivity contribution < 1.29 is 22.3 Å². The molecule has 0 aliphatic carbocycles. The van der Waals surface area contributed by atoms with Gasteiger partial charge >= 0.3 is 12.3 Å². The molecule has 0 spiro atoms. The SMILES string of the molecule is C=CCC(COCC(F)(F)C(F)F)NC. The van der Waals surface area contributed by atoms with Crippen LogP contribution in [-0.2, 0) is 4.74 Å². The van der Waals surface area contributed by atoms with E-state index < -0.39 is 19.0 Å². The second kappa shape index (κ2) is 6.79. The molecular formula is C9H15F4NO. The number of hydrogen-bond acceptors (Lipinski definition) is 2. The number of nitrogens with one attached hydrogen (secondary N) is 1. The second-order valence-corrected chi connectivity index (χ2v) is 3.09. The first-order chi connectivity index (χ1) is 6.94. The third-order valence-electron chi connectivity index (χ3n) is 1.79. The van der Waals surface area contributed by atoms with Crippen molar-refractivity contribution >= 4 is 0 Å². The molecule has 0 aliphatic heterocycles. The highest BCUT2D eigenvalue weighted by Crippen LogP contribution is 2.22. The number of rotatable bonds is 8. The largest absolute Gasteiger partial charge is 0.373 e. The normalized spacial score (nSPS) is 14.3. The summed E-state index contributed by atoms with van der Waals surface area (Å²) in [5.74, 6) is -4.08. The van der Waals surface area contributed by atoms with Crippen molar-refractivity contribution in [2.75, 3.05) is 20.3 Å². The minimum Gasteiger partial charge on any atom is -0.373 e. The van der Waals surface area contributed by atoms with Crippen molar-refractivity contribution in [3.8, 4) is 0 Å². The van der Waals surface area contributed by atoms with Crippen LogP contribution in [0, 0.1) is 0 Å². The fourth-order valence-electron chi connectivity index (χ4n) is 0.871. The Morgan fingerprint density at radius 3 is 2.47 bits per heavy atom. The van der Waals surface area contributed by atoms with E-state index in [-0.39, 0.29) is 12.6 Å². The smallest absolute Gasteiger partial charge is 0.330 e. The lowest BCUT2D eigenvalue weighted by Crippen LogP contribution is -2.36. The molecule has 0 heterocycles. The maximum atomic E-state index is 12.4. The summed E-state index contributed by atoms with van der Waals surface area (Å²) in [6, 6.07) is -0.184. The second-order valence-electron chi connectivity index (χ2n) is 3.09. The Morgan fingerprint density at radius 1 is 1.47 bits per heavy atom. The van der Waals surface area contributed by atoms with E-state index in [0.717, 1.165) is 0 Å². The van der Waals surface area contributed by atoms with Crippen LogP contribution in [0.4, 0.5) is 17.6 Å². The maximum Gasteiger partial charge on any atom is 0.330 e. The van der Waals surface area contributed by atoms with E-state index in [0.29, 0.717) is 6.42 Å². The van der Waals surface area contributed by atoms with Crippen molar-refractivity contribution in [1.29, 1.82) is 0 Å². The molecule has 0 fully saturated rings. The number of likely N-dealkylation sites (N-methyl/N-ethyl adjacent to an activating group) is 1. The van der Waals surface area contributed by atoms with Crippen LogP contribution in [0.1, 0.15) is 6.42 Å². The van der Waals surface area contributed by atoms with Crippen LogP contribution in [0.5, 0.6) is 0 Å². The number of halogens is 4. The zero-order valence-corrected chi connectivity index (χ0v) is 8.48. The van der Waals surface area contributed by atoms with Crippen LogP contribution < -0.4 is 5.32 Å². The summed E-state index contributed by atoms with van der Waals surface area (Å²) in [4.78, 5) is 0. The number of hydrogen-bond donors (Lipinski definition) is 1. The quantitative estimate of drug-likeness (QED) is 0.508. The van der Waals surface area contributed by atoms with Crippen molar-refractivity contribution in [2.45, 2.75) is 24.8 Å². The van der Waals surface area contributed by atoms with E-state index in [1.807, 2.05) is 0 Å². The summed E-state index contributed by atoms with van der Waals surface area (Å²) in [5.41, 5.74) is 0. The van der Waals surface area contributed by atoms with Gasteiger partial charge in [0.15, 0.2) is 0 Å². The maximum absolute atomic E-state index is 12.4. The van der Waals surface area contributed by atoms with Gasteiger partial charge in [0.1, 0.15) is 6.61 Å². The molecule has 0 saturated carbocycles. The Labute approximate surface area is 86.3 Å². The summed E-state index contributed by atoms with van der Waals surface area (Å²) < 4.78 is 52.7. The molecule has 1 N–H and O–H groups in total. The minimum atomic E-state index is -4.08. The first-order valence-electron chi connectivity index (χ1n) is 4.46. The Kier molecular flexibility index (Phi) is 6.51. The van der Waals surface area contributed by atoms with Gasteiger partial charge in [-0.05, 0) is 13.5 Å². The zero-order chi connectivity index (χ0) is 11.9. The molecule has 0 radical (unpaired) electrons. The van der Waals surface area contributed by atoms with Crippen LogP contribution in [0.3, 0.4) is 0 Å². The van der Waals surface area contributed by atoms with Gasteiger partial charge in [-0.2, -0.15) is 8.78 Å². The molecule has 90 valence electrons. The molecule has 0 aromatic heterocycles. The third-order valence-corrected chi connectivity index (χ3v) is 1.79. The van der Waals surface area contributed by atoms with Crippen LogP contribution in [0.15, 0.2) is 12.7 Å². The monoisotopic (exact) mass is 229 g/mol. The van der Waals surface area contributed by atoms with Gasteiger partial charge in [0, 0.05) is 6.04 Å². The number of alkyl halides is 4. The number of ether oxygens (including phenoxy) is 1. The predicted octanol–water partition coefficient (Wildman–Crippen LogP) is 2.07. The Hall–Kier alpha value is -0.620. The average Bonchev–Trinajstić information content (AvgIpc) is 2.16. The lowest BCUT2D eigenvalue weighted by atomic mass is 10.2. The molecule has 0 saturated heterocycles. The first kappa shape index (κ1) is 14.4. The van der Waals surface area contributed by atoms with E-state index >= 15 is 0 Å².